The van der Waals surface area contributed by atoms with Gasteiger partial charge in [-0.3, -0.25) is 0 Å². The number of nitrogen functional groups attached to an aromatic ring is 2. The van der Waals surface area contributed by atoms with Gasteiger partial charge >= 0.3 is 0 Å². The topological polar surface area (TPSA) is 80.8 Å². The minimum absolute atomic E-state index is 0.523. The molecule has 4 heteroatoms. The number of nitrogens with two attached hydrogens (primary N) is 2. The Kier molecular flexibility index (Phi) is 2.99. The number of rotatable bonds is 2. The molecule has 0 fully saturated rings. The van der Waals surface area contributed by atoms with E-state index in [0.29, 0.717) is 17.9 Å². The van der Waals surface area contributed by atoms with Gasteiger partial charge in [0.1, 0.15) is 11.9 Å². The van der Waals surface area contributed by atoms with Crippen LogP contribution in [0.4, 0.5) is 11.5 Å². The maximum Gasteiger partial charge on any atom is 0.122 e. The van der Waals surface area contributed by atoms with Crippen LogP contribution in [0.5, 0.6) is 0 Å². The van der Waals surface area contributed by atoms with E-state index in [1.807, 2.05) is 42.7 Å². The van der Waals surface area contributed by atoms with Crippen molar-refractivity contribution < 1.29 is 0 Å². The number of nitrogens with zero attached hydrogens (tertiary/aromatic N) is 2. The second-order valence-corrected chi connectivity index (χ2v) is 4.41. The van der Waals surface area contributed by atoms with Gasteiger partial charge in [-0.05, 0) is 37.1 Å². The molecule has 18 heavy (non-hydrogen) atoms. The number of aromatic nitrogens is 1. The zero-order valence-corrected chi connectivity index (χ0v) is 10.6. The zero-order valence-electron chi connectivity index (χ0n) is 10.6. The summed E-state index contributed by atoms with van der Waals surface area (Å²) in [5, 5.41) is 9.08. The van der Waals surface area contributed by atoms with E-state index in [4.69, 9.17) is 16.7 Å². The fourth-order valence-electron chi connectivity index (χ4n) is 2.11. The van der Waals surface area contributed by atoms with Crippen molar-refractivity contribution in [1.82, 2.24) is 4.57 Å². The number of hydrogen-bond donors (Lipinski definition) is 2. The zero-order chi connectivity index (χ0) is 13.3. The molecule has 1 aromatic heterocycles. The molecule has 1 aromatic carbocycles. The van der Waals surface area contributed by atoms with Gasteiger partial charge in [-0.1, -0.05) is 12.1 Å². The number of nitriles is 1. The van der Waals surface area contributed by atoms with E-state index in [9.17, 15) is 0 Å². The molecule has 0 unspecified atom stereocenters. The number of benzene rings is 1. The first-order valence-corrected chi connectivity index (χ1v) is 5.74. The van der Waals surface area contributed by atoms with Crippen LogP contribution >= 0.6 is 0 Å². The Morgan fingerprint density at radius 3 is 2.56 bits per heavy atom. The third kappa shape index (κ3) is 1.91. The van der Waals surface area contributed by atoms with Crippen molar-refractivity contribution >= 4 is 11.5 Å². The molecule has 0 saturated carbocycles. The molecule has 2 rings (SSSR count). The van der Waals surface area contributed by atoms with Crippen LogP contribution in [0.15, 0.2) is 24.3 Å². The van der Waals surface area contributed by atoms with Crippen LogP contribution in [0.3, 0.4) is 0 Å². The van der Waals surface area contributed by atoms with Gasteiger partial charge < -0.3 is 16.0 Å². The predicted molar refractivity (Wildman–Crippen MR) is 73.0 cm³/mol. The van der Waals surface area contributed by atoms with Gasteiger partial charge in [-0.2, -0.15) is 5.26 Å². The average molecular weight is 240 g/mol. The summed E-state index contributed by atoms with van der Waals surface area (Å²) in [6.45, 7) is 4.52. The van der Waals surface area contributed by atoms with E-state index in [0.717, 1.165) is 22.5 Å². The molecule has 92 valence electrons. The lowest BCUT2D eigenvalue weighted by molar-refractivity contribution is 0.784. The largest absolute Gasteiger partial charge is 0.399 e. The molecule has 0 aliphatic heterocycles. The van der Waals surface area contributed by atoms with Crippen LogP contribution < -0.4 is 11.5 Å². The molecule has 4 N–H and O–H groups in total. The molecule has 4 nitrogen and oxygen atoms in total. The quantitative estimate of drug-likeness (QED) is 0.789. The Morgan fingerprint density at radius 2 is 2.00 bits per heavy atom. The molecule has 0 radical (unpaired) electrons. The molecule has 0 bridgehead atoms. The van der Waals surface area contributed by atoms with Gasteiger partial charge in [-0.15, -0.1) is 0 Å². The molecule has 0 aliphatic carbocycles. The second kappa shape index (κ2) is 4.46. The second-order valence-electron chi connectivity index (χ2n) is 4.41. The van der Waals surface area contributed by atoms with Crippen LogP contribution in [0, 0.1) is 25.2 Å². The maximum absolute atomic E-state index is 9.08. The molecule has 2 aromatic rings. The van der Waals surface area contributed by atoms with Crippen LogP contribution in [0.1, 0.15) is 22.4 Å². The summed E-state index contributed by atoms with van der Waals surface area (Å²) in [7, 11) is 0. The molecule has 0 spiro atoms. The Balaban J connectivity index is 2.45. The van der Waals surface area contributed by atoms with Crippen LogP contribution in [0.25, 0.3) is 0 Å². The van der Waals surface area contributed by atoms with Crippen LogP contribution in [-0.2, 0) is 6.54 Å². The van der Waals surface area contributed by atoms with E-state index in [2.05, 4.69) is 6.07 Å². The first-order chi connectivity index (χ1) is 8.54. The van der Waals surface area contributed by atoms with Crippen molar-refractivity contribution in [3.63, 3.8) is 0 Å². The van der Waals surface area contributed by atoms with Gasteiger partial charge in [-0.25, -0.2) is 0 Å². The molecular weight excluding hydrogens is 224 g/mol. The summed E-state index contributed by atoms with van der Waals surface area (Å²) >= 11 is 0. The molecule has 0 amide bonds. The Morgan fingerprint density at radius 1 is 1.28 bits per heavy atom. The summed E-state index contributed by atoms with van der Waals surface area (Å²) in [5.74, 6) is 0.523. The van der Waals surface area contributed by atoms with Crippen LogP contribution in [-0.4, -0.2) is 4.57 Å². The Labute approximate surface area is 106 Å². The van der Waals surface area contributed by atoms with Gasteiger partial charge in [0.25, 0.3) is 0 Å². The third-order valence-electron chi connectivity index (χ3n) is 3.27. The summed E-state index contributed by atoms with van der Waals surface area (Å²) < 4.78 is 1.95. The summed E-state index contributed by atoms with van der Waals surface area (Å²) in [6, 6.07) is 9.83. The standard InChI is InChI=1S/C14H16N4/c1-9-10(2)18(14(17)13(9)7-15)8-11-4-3-5-12(16)6-11/h3-6H,8,16-17H2,1-2H3. The molecule has 0 saturated heterocycles. The van der Waals surface area contributed by atoms with E-state index < -0.39 is 0 Å². The van der Waals surface area contributed by atoms with Gasteiger partial charge in [0, 0.05) is 17.9 Å². The minimum Gasteiger partial charge on any atom is -0.399 e. The lowest BCUT2D eigenvalue weighted by atomic mass is 10.2. The van der Waals surface area contributed by atoms with E-state index in [1.165, 1.54) is 0 Å². The predicted octanol–water partition coefficient (Wildman–Crippen LogP) is 2.19. The SMILES string of the molecule is Cc1c(C#N)c(N)n(Cc2cccc(N)c2)c1C. The van der Waals surface area contributed by atoms with Gasteiger partial charge in [0.15, 0.2) is 0 Å². The van der Waals surface area contributed by atoms with Crippen molar-refractivity contribution in [1.29, 1.82) is 5.26 Å². The van der Waals surface area contributed by atoms with Gasteiger partial charge in [0.2, 0.25) is 0 Å². The third-order valence-corrected chi connectivity index (χ3v) is 3.27. The van der Waals surface area contributed by atoms with E-state index >= 15 is 0 Å². The first kappa shape index (κ1) is 12.1. The average Bonchev–Trinajstić information content (AvgIpc) is 2.53. The minimum atomic E-state index is 0.523. The highest BCUT2D eigenvalue weighted by Gasteiger charge is 2.14. The molecule has 1 heterocycles. The summed E-state index contributed by atoms with van der Waals surface area (Å²) in [4.78, 5) is 0. The number of anilines is 2. The first-order valence-electron chi connectivity index (χ1n) is 5.74. The van der Waals surface area contributed by atoms with E-state index in [-0.39, 0.29) is 0 Å². The Hall–Kier alpha value is -2.41. The summed E-state index contributed by atoms with van der Waals surface area (Å²) in [5.41, 5.74) is 16.1. The highest BCUT2D eigenvalue weighted by atomic mass is 15.1. The highest BCUT2D eigenvalue weighted by Crippen LogP contribution is 2.24. The molecule has 0 aliphatic rings. The molecule has 0 atom stereocenters. The van der Waals surface area contributed by atoms with E-state index in [1.54, 1.807) is 0 Å². The van der Waals surface area contributed by atoms with Crippen molar-refractivity contribution in [3.8, 4) is 6.07 Å². The monoisotopic (exact) mass is 240 g/mol. The maximum atomic E-state index is 9.08. The van der Waals surface area contributed by atoms with Crippen molar-refractivity contribution in [2.75, 3.05) is 11.5 Å². The fourth-order valence-corrected chi connectivity index (χ4v) is 2.11. The lowest BCUT2D eigenvalue weighted by Crippen LogP contribution is -2.06. The van der Waals surface area contributed by atoms with Crippen molar-refractivity contribution in [2.45, 2.75) is 20.4 Å². The van der Waals surface area contributed by atoms with Crippen LogP contribution in [0.2, 0.25) is 0 Å². The molecular formula is C14H16N4. The van der Waals surface area contributed by atoms with Gasteiger partial charge in [0.05, 0.1) is 5.56 Å². The normalized spacial score (nSPS) is 10.3. The summed E-state index contributed by atoms with van der Waals surface area (Å²) in [6.07, 6.45) is 0. The number of hydrogen-bond acceptors (Lipinski definition) is 3. The fraction of sp³-hybridized carbons (Fsp3) is 0.214. The Bertz CT molecular complexity index is 632. The lowest BCUT2D eigenvalue weighted by Gasteiger charge is -2.09. The van der Waals surface area contributed by atoms with Crippen molar-refractivity contribution in [3.05, 3.63) is 46.6 Å². The van der Waals surface area contributed by atoms with Crippen molar-refractivity contribution in [2.24, 2.45) is 0 Å². The smallest absolute Gasteiger partial charge is 0.122 e. The highest BCUT2D eigenvalue weighted by molar-refractivity contribution is 5.58.